The highest BCUT2D eigenvalue weighted by Crippen LogP contribution is 2.37. The predicted octanol–water partition coefficient (Wildman–Crippen LogP) is 2.13. The number of nitrogens with zero attached hydrogens (tertiary/aromatic N) is 1. The zero-order valence-corrected chi connectivity index (χ0v) is 13.8. The third kappa shape index (κ3) is 4.19. The fourth-order valence-electron chi connectivity index (χ4n) is 3.39. The summed E-state index contributed by atoms with van der Waals surface area (Å²) in [6, 6.07) is 0. The van der Waals surface area contributed by atoms with Crippen LogP contribution in [0.5, 0.6) is 0 Å². The zero-order chi connectivity index (χ0) is 15.2. The summed E-state index contributed by atoms with van der Waals surface area (Å²) in [5.74, 6) is -0.239. The Balaban J connectivity index is 2.40. The van der Waals surface area contributed by atoms with Crippen LogP contribution in [0.4, 0.5) is 0 Å². The minimum Gasteiger partial charge on any atom is -0.368 e. The topological polar surface area (TPSA) is 58.4 Å². The molecule has 4 heteroatoms. The molecule has 0 spiro atoms. The first-order valence-electron chi connectivity index (χ1n) is 8.18. The molecule has 0 aromatic heterocycles. The Hall–Kier alpha value is -0.610. The number of hydrogen-bond acceptors (Lipinski definition) is 3. The molecule has 20 heavy (non-hydrogen) atoms. The highest BCUT2D eigenvalue weighted by Gasteiger charge is 2.35. The van der Waals surface area contributed by atoms with Crippen molar-refractivity contribution in [2.45, 2.75) is 65.3 Å². The predicted molar refractivity (Wildman–Crippen MR) is 84.6 cm³/mol. The zero-order valence-electron chi connectivity index (χ0n) is 13.8. The number of hydrogen-bond donors (Lipinski definition) is 2. The van der Waals surface area contributed by atoms with E-state index in [-0.39, 0.29) is 5.91 Å². The van der Waals surface area contributed by atoms with Gasteiger partial charge in [0.15, 0.2) is 0 Å². The molecule has 1 saturated heterocycles. The van der Waals surface area contributed by atoms with Crippen molar-refractivity contribution in [3.05, 3.63) is 0 Å². The molecule has 1 atom stereocenters. The Morgan fingerprint density at radius 2 is 2.00 bits per heavy atom. The van der Waals surface area contributed by atoms with Crippen molar-refractivity contribution >= 4 is 5.91 Å². The molecular formula is C16H33N3O. The summed E-state index contributed by atoms with van der Waals surface area (Å²) in [6.45, 7) is 12.8. The molecule has 1 aliphatic heterocycles. The van der Waals surface area contributed by atoms with Gasteiger partial charge in [-0.2, -0.15) is 0 Å². The van der Waals surface area contributed by atoms with Crippen LogP contribution in [0.25, 0.3) is 0 Å². The Kier molecular flexibility index (Phi) is 6.46. The Bertz CT molecular complexity index is 315. The molecule has 0 radical (unpaired) electrons. The van der Waals surface area contributed by atoms with E-state index < -0.39 is 5.54 Å². The van der Waals surface area contributed by atoms with E-state index in [1.165, 1.54) is 32.4 Å². The van der Waals surface area contributed by atoms with Crippen molar-refractivity contribution in [1.82, 2.24) is 10.2 Å². The van der Waals surface area contributed by atoms with Gasteiger partial charge < -0.3 is 16.0 Å². The molecule has 1 rings (SSSR count). The maximum absolute atomic E-state index is 11.6. The summed E-state index contributed by atoms with van der Waals surface area (Å²) in [6.07, 6.45) is 5.71. The number of likely N-dealkylation sites (N-methyl/N-ethyl adjacent to an activating group) is 1. The molecule has 1 aliphatic rings. The minimum atomic E-state index is -0.554. The Labute approximate surface area is 124 Å². The van der Waals surface area contributed by atoms with E-state index in [4.69, 9.17) is 5.73 Å². The van der Waals surface area contributed by atoms with Gasteiger partial charge >= 0.3 is 0 Å². The summed E-state index contributed by atoms with van der Waals surface area (Å²) in [7, 11) is 0. The van der Waals surface area contributed by atoms with Crippen molar-refractivity contribution in [2.75, 3.05) is 26.2 Å². The first kappa shape index (κ1) is 17.4. The molecular weight excluding hydrogens is 250 g/mol. The second-order valence-electron chi connectivity index (χ2n) is 6.56. The Morgan fingerprint density at radius 1 is 1.35 bits per heavy atom. The number of carbonyl (C=O) groups is 1. The van der Waals surface area contributed by atoms with Crippen LogP contribution in [0.1, 0.15) is 59.8 Å². The van der Waals surface area contributed by atoms with E-state index >= 15 is 0 Å². The van der Waals surface area contributed by atoms with E-state index in [1.54, 1.807) is 0 Å². The molecule has 1 heterocycles. The fraction of sp³-hybridized carbons (Fsp3) is 0.938. The van der Waals surface area contributed by atoms with E-state index in [0.29, 0.717) is 5.41 Å². The van der Waals surface area contributed by atoms with Crippen LogP contribution in [0.15, 0.2) is 0 Å². The lowest BCUT2D eigenvalue weighted by atomic mass is 9.82. The SMILES string of the molecule is CCNC(C)(CCCN1CCC(CC)(CC)C1)C(N)=O. The number of likely N-dealkylation sites (tertiary alicyclic amines) is 1. The highest BCUT2D eigenvalue weighted by molar-refractivity contribution is 5.84. The van der Waals surface area contributed by atoms with Crippen LogP contribution < -0.4 is 11.1 Å². The maximum atomic E-state index is 11.6. The number of amides is 1. The second-order valence-corrected chi connectivity index (χ2v) is 6.56. The molecule has 4 nitrogen and oxygen atoms in total. The van der Waals surface area contributed by atoms with Crippen molar-refractivity contribution in [2.24, 2.45) is 11.1 Å². The molecule has 3 N–H and O–H groups in total. The average molecular weight is 283 g/mol. The van der Waals surface area contributed by atoms with Crippen molar-refractivity contribution in [3.8, 4) is 0 Å². The lowest BCUT2D eigenvalue weighted by Gasteiger charge is -2.29. The van der Waals surface area contributed by atoms with Crippen LogP contribution in [0, 0.1) is 5.41 Å². The molecule has 0 aromatic rings. The highest BCUT2D eigenvalue weighted by atomic mass is 16.1. The summed E-state index contributed by atoms with van der Waals surface area (Å²) >= 11 is 0. The molecule has 0 saturated carbocycles. The average Bonchev–Trinajstić information content (AvgIpc) is 2.83. The first-order chi connectivity index (χ1) is 9.41. The second kappa shape index (κ2) is 7.41. The van der Waals surface area contributed by atoms with Crippen molar-refractivity contribution in [3.63, 3.8) is 0 Å². The quantitative estimate of drug-likeness (QED) is 0.681. The summed E-state index contributed by atoms with van der Waals surface area (Å²) < 4.78 is 0. The van der Waals surface area contributed by atoms with E-state index in [1.807, 2.05) is 13.8 Å². The van der Waals surface area contributed by atoms with Crippen LogP contribution >= 0.6 is 0 Å². The largest absolute Gasteiger partial charge is 0.368 e. The van der Waals surface area contributed by atoms with Crippen LogP contribution in [0.3, 0.4) is 0 Å². The van der Waals surface area contributed by atoms with Crippen molar-refractivity contribution in [1.29, 1.82) is 0 Å². The van der Waals surface area contributed by atoms with Gasteiger partial charge in [-0.15, -0.1) is 0 Å². The van der Waals surface area contributed by atoms with Crippen molar-refractivity contribution < 1.29 is 4.79 Å². The van der Waals surface area contributed by atoms with Crippen LogP contribution in [-0.4, -0.2) is 42.5 Å². The van der Waals surface area contributed by atoms with Gasteiger partial charge in [-0.1, -0.05) is 20.8 Å². The number of primary amides is 1. The number of carbonyl (C=O) groups excluding carboxylic acids is 1. The lowest BCUT2D eigenvalue weighted by molar-refractivity contribution is -0.124. The van der Waals surface area contributed by atoms with Crippen LogP contribution in [-0.2, 0) is 4.79 Å². The first-order valence-corrected chi connectivity index (χ1v) is 8.18. The van der Waals surface area contributed by atoms with E-state index in [9.17, 15) is 4.79 Å². The molecule has 1 fully saturated rings. The van der Waals surface area contributed by atoms with Gasteiger partial charge in [0.05, 0.1) is 5.54 Å². The molecule has 0 aromatic carbocycles. The number of nitrogens with two attached hydrogens (primary N) is 1. The van der Waals surface area contributed by atoms with Gasteiger partial charge in [-0.3, -0.25) is 4.79 Å². The maximum Gasteiger partial charge on any atom is 0.237 e. The molecule has 1 amide bonds. The summed E-state index contributed by atoms with van der Waals surface area (Å²) in [5, 5.41) is 3.23. The van der Waals surface area contributed by atoms with Gasteiger partial charge in [0.25, 0.3) is 0 Å². The van der Waals surface area contributed by atoms with Gasteiger partial charge in [-0.05, 0) is 64.1 Å². The fourth-order valence-corrected chi connectivity index (χ4v) is 3.39. The van der Waals surface area contributed by atoms with Crippen LogP contribution in [0.2, 0.25) is 0 Å². The van der Waals surface area contributed by atoms with Gasteiger partial charge in [0.2, 0.25) is 5.91 Å². The smallest absolute Gasteiger partial charge is 0.237 e. The van der Waals surface area contributed by atoms with Gasteiger partial charge in [0, 0.05) is 6.54 Å². The number of nitrogens with one attached hydrogen (secondary N) is 1. The minimum absolute atomic E-state index is 0.239. The summed E-state index contributed by atoms with van der Waals surface area (Å²) in [5.41, 5.74) is 5.50. The molecule has 118 valence electrons. The Morgan fingerprint density at radius 3 is 2.45 bits per heavy atom. The third-order valence-corrected chi connectivity index (χ3v) is 5.28. The lowest BCUT2D eigenvalue weighted by Crippen LogP contribution is -2.53. The third-order valence-electron chi connectivity index (χ3n) is 5.28. The molecule has 0 aliphatic carbocycles. The summed E-state index contributed by atoms with van der Waals surface area (Å²) in [4.78, 5) is 14.1. The van der Waals surface area contributed by atoms with E-state index in [2.05, 4.69) is 24.1 Å². The van der Waals surface area contributed by atoms with Gasteiger partial charge in [0.1, 0.15) is 0 Å². The van der Waals surface area contributed by atoms with Gasteiger partial charge in [-0.25, -0.2) is 0 Å². The molecule has 0 bridgehead atoms. The molecule has 1 unspecified atom stereocenters. The normalized spacial score (nSPS) is 21.8. The van der Waals surface area contributed by atoms with E-state index in [0.717, 1.165) is 25.9 Å². The standard InChI is InChI=1S/C16H33N3O/c1-5-16(6-2)10-12-19(13-16)11-8-9-15(4,14(17)20)18-7-3/h18H,5-13H2,1-4H3,(H2,17,20). The number of rotatable bonds is 9. The monoisotopic (exact) mass is 283 g/mol.